The molecule has 1 rings (SSSR count). The van der Waals surface area contributed by atoms with Gasteiger partial charge >= 0.3 is 0 Å². The van der Waals surface area contributed by atoms with Crippen molar-refractivity contribution in [1.29, 1.82) is 0 Å². The van der Waals surface area contributed by atoms with E-state index in [9.17, 15) is 4.79 Å². The van der Waals surface area contributed by atoms with E-state index in [4.69, 9.17) is 5.73 Å². The fourth-order valence-electron chi connectivity index (χ4n) is 1.51. The molecule has 0 radical (unpaired) electrons. The molecule has 0 atom stereocenters. The summed E-state index contributed by atoms with van der Waals surface area (Å²) in [7, 11) is 1.80. The molecule has 1 aromatic rings. The highest BCUT2D eigenvalue weighted by Crippen LogP contribution is 2.11. The standard InChI is InChI=1S/C12H19N3O/c1-3-4-5-8-15(2)12(16)10-6-7-14-9-11(10)13/h6-7,9H,3-5,8,13H2,1-2H3. The monoisotopic (exact) mass is 221 g/mol. The number of nitrogens with two attached hydrogens (primary N) is 1. The van der Waals surface area contributed by atoms with Crippen LogP contribution in [-0.2, 0) is 0 Å². The molecule has 16 heavy (non-hydrogen) atoms. The molecule has 0 unspecified atom stereocenters. The smallest absolute Gasteiger partial charge is 0.255 e. The van der Waals surface area contributed by atoms with Gasteiger partial charge < -0.3 is 10.6 Å². The molecule has 2 N–H and O–H groups in total. The zero-order chi connectivity index (χ0) is 12.0. The Bertz CT molecular complexity index is 352. The molecule has 0 spiro atoms. The van der Waals surface area contributed by atoms with Crippen molar-refractivity contribution in [2.75, 3.05) is 19.3 Å². The minimum Gasteiger partial charge on any atom is -0.397 e. The number of anilines is 1. The second kappa shape index (κ2) is 6.10. The first-order valence-electron chi connectivity index (χ1n) is 5.61. The van der Waals surface area contributed by atoms with Gasteiger partial charge in [-0.1, -0.05) is 19.8 Å². The average molecular weight is 221 g/mol. The van der Waals surface area contributed by atoms with Crippen molar-refractivity contribution in [2.45, 2.75) is 26.2 Å². The van der Waals surface area contributed by atoms with Crippen LogP contribution in [0.15, 0.2) is 18.5 Å². The lowest BCUT2D eigenvalue weighted by Gasteiger charge is -2.17. The molecular formula is C12H19N3O. The van der Waals surface area contributed by atoms with Crippen LogP contribution in [0.5, 0.6) is 0 Å². The number of carbonyl (C=O) groups is 1. The van der Waals surface area contributed by atoms with E-state index in [1.54, 1.807) is 24.2 Å². The molecule has 0 saturated carbocycles. The minimum atomic E-state index is -0.0315. The van der Waals surface area contributed by atoms with Gasteiger partial charge in [0.15, 0.2) is 0 Å². The van der Waals surface area contributed by atoms with Crippen LogP contribution in [0, 0.1) is 0 Å². The number of pyridine rings is 1. The molecular weight excluding hydrogens is 202 g/mol. The molecule has 4 nitrogen and oxygen atoms in total. The van der Waals surface area contributed by atoms with E-state index in [1.165, 1.54) is 6.20 Å². The number of unbranched alkanes of at least 4 members (excludes halogenated alkanes) is 2. The van der Waals surface area contributed by atoms with Crippen molar-refractivity contribution in [3.8, 4) is 0 Å². The van der Waals surface area contributed by atoms with Crippen molar-refractivity contribution in [2.24, 2.45) is 0 Å². The van der Waals surface area contributed by atoms with E-state index in [0.717, 1.165) is 25.8 Å². The van der Waals surface area contributed by atoms with Crippen molar-refractivity contribution in [3.05, 3.63) is 24.0 Å². The van der Waals surface area contributed by atoms with Crippen molar-refractivity contribution in [1.82, 2.24) is 9.88 Å². The quantitative estimate of drug-likeness (QED) is 0.773. The molecule has 0 aliphatic rings. The molecule has 0 aliphatic heterocycles. The highest BCUT2D eigenvalue weighted by atomic mass is 16.2. The van der Waals surface area contributed by atoms with Crippen molar-refractivity contribution >= 4 is 11.6 Å². The van der Waals surface area contributed by atoms with Gasteiger partial charge in [-0.3, -0.25) is 9.78 Å². The predicted molar refractivity (Wildman–Crippen MR) is 65.1 cm³/mol. The number of aromatic nitrogens is 1. The van der Waals surface area contributed by atoms with Crippen LogP contribution in [0.25, 0.3) is 0 Å². The van der Waals surface area contributed by atoms with Crippen LogP contribution in [0.1, 0.15) is 36.5 Å². The molecule has 1 heterocycles. The van der Waals surface area contributed by atoms with E-state index in [0.29, 0.717) is 11.3 Å². The predicted octanol–water partition coefficient (Wildman–Crippen LogP) is 1.93. The Kier molecular flexibility index (Phi) is 4.76. The highest BCUT2D eigenvalue weighted by molar-refractivity contribution is 5.98. The maximum Gasteiger partial charge on any atom is 0.255 e. The van der Waals surface area contributed by atoms with Gasteiger partial charge in [0.25, 0.3) is 5.91 Å². The third-order valence-electron chi connectivity index (χ3n) is 2.53. The van der Waals surface area contributed by atoms with Crippen LogP contribution in [-0.4, -0.2) is 29.4 Å². The number of amides is 1. The van der Waals surface area contributed by atoms with Gasteiger partial charge in [0.05, 0.1) is 17.4 Å². The van der Waals surface area contributed by atoms with Gasteiger partial charge in [0, 0.05) is 19.8 Å². The molecule has 88 valence electrons. The fourth-order valence-corrected chi connectivity index (χ4v) is 1.51. The molecule has 0 aliphatic carbocycles. The third-order valence-corrected chi connectivity index (χ3v) is 2.53. The Morgan fingerprint density at radius 3 is 2.88 bits per heavy atom. The SMILES string of the molecule is CCCCCN(C)C(=O)c1ccncc1N. The largest absolute Gasteiger partial charge is 0.397 e. The molecule has 0 saturated heterocycles. The van der Waals surface area contributed by atoms with E-state index in [-0.39, 0.29) is 5.91 Å². The Morgan fingerprint density at radius 1 is 1.50 bits per heavy atom. The number of rotatable bonds is 5. The molecule has 0 aromatic carbocycles. The summed E-state index contributed by atoms with van der Waals surface area (Å²) < 4.78 is 0. The molecule has 4 heteroatoms. The summed E-state index contributed by atoms with van der Waals surface area (Å²) in [6.07, 6.45) is 6.42. The second-order valence-electron chi connectivity index (χ2n) is 3.90. The van der Waals surface area contributed by atoms with Gasteiger partial charge in [-0.15, -0.1) is 0 Å². The topological polar surface area (TPSA) is 59.2 Å². The molecule has 0 fully saturated rings. The summed E-state index contributed by atoms with van der Waals surface area (Å²) in [5.41, 5.74) is 6.68. The third kappa shape index (κ3) is 3.22. The van der Waals surface area contributed by atoms with Crippen LogP contribution in [0.4, 0.5) is 5.69 Å². The van der Waals surface area contributed by atoms with Gasteiger partial charge in [-0.05, 0) is 12.5 Å². The maximum atomic E-state index is 12.0. The van der Waals surface area contributed by atoms with E-state index in [2.05, 4.69) is 11.9 Å². The van der Waals surface area contributed by atoms with Crippen LogP contribution in [0.2, 0.25) is 0 Å². The molecule has 1 aromatic heterocycles. The number of nitrogens with zero attached hydrogens (tertiary/aromatic N) is 2. The normalized spacial score (nSPS) is 10.1. The fraction of sp³-hybridized carbons (Fsp3) is 0.500. The van der Waals surface area contributed by atoms with Gasteiger partial charge in [-0.25, -0.2) is 0 Å². The highest BCUT2D eigenvalue weighted by Gasteiger charge is 2.13. The minimum absolute atomic E-state index is 0.0315. The zero-order valence-corrected chi connectivity index (χ0v) is 9.94. The first-order valence-corrected chi connectivity index (χ1v) is 5.61. The van der Waals surface area contributed by atoms with Crippen molar-refractivity contribution in [3.63, 3.8) is 0 Å². The lowest BCUT2D eigenvalue weighted by atomic mass is 10.2. The second-order valence-corrected chi connectivity index (χ2v) is 3.90. The summed E-state index contributed by atoms with van der Waals surface area (Å²) in [4.78, 5) is 17.6. The van der Waals surface area contributed by atoms with Crippen molar-refractivity contribution < 1.29 is 4.79 Å². The van der Waals surface area contributed by atoms with Gasteiger partial charge in [-0.2, -0.15) is 0 Å². The van der Waals surface area contributed by atoms with E-state index in [1.807, 2.05) is 0 Å². The Morgan fingerprint density at radius 2 is 2.25 bits per heavy atom. The molecule has 1 amide bonds. The lowest BCUT2D eigenvalue weighted by molar-refractivity contribution is 0.0793. The van der Waals surface area contributed by atoms with Gasteiger partial charge in [0.2, 0.25) is 0 Å². The first-order chi connectivity index (χ1) is 7.66. The van der Waals surface area contributed by atoms with Gasteiger partial charge in [0.1, 0.15) is 0 Å². The summed E-state index contributed by atoms with van der Waals surface area (Å²) in [5.74, 6) is -0.0315. The molecule has 0 bridgehead atoms. The number of hydrogen-bond donors (Lipinski definition) is 1. The summed E-state index contributed by atoms with van der Waals surface area (Å²) in [5, 5.41) is 0. The lowest BCUT2D eigenvalue weighted by Crippen LogP contribution is -2.28. The Balaban J connectivity index is 2.60. The average Bonchev–Trinajstić information content (AvgIpc) is 2.29. The number of carbonyl (C=O) groups excluding carboxylic acids is 1. The van der Waals surface area contributed by atoms with Crippen LogP contribution < -0.4 is 5.73 Å². The number of nitrogen functional groups attached to an aromatic ring is 1. The summed E-state index contributed by atoms with van der Waals surface area (Å²) >= 11 is 0. The maximum absolute atomic E-state index is 12.0. The van der Waals surface area contributed by atoms with Crippen LogP contribution in [0.3, 0.4) is 0 Å². The number of hydrogen-bond acceptors (Lipinski definition) is 3. The first kappa shape index (κ1) is 12.5. The summed E-state index contributed by atoms with van der Waals surface area (Å²) in [6.45, 7) is 2.91. The van der Waals surface area contributed by atoms with E-state index < -0.39 is 0 Å². The Hall–Kier alpha value is -1.58. The zero-order valence-electron chi connectivity index (χ0n) is 9.94. The summed E-state index contributed by atoms with van der Waals surface area (Å²) in [6, 6.07) is 1.66. The Labute approximate surface area is 96.5 Å². The van der Waals surface area contributed by atoms with Crippen LogP contribution >= 0.6 is 0 Å². The van der Waals surface area contributed by atoms with E-state index >= 15 is 0 Å².